The SMILES string of the molecule is CC(C)(C)OC(=O)N[C@H]1CSc2c(C(=O)O)cn(Cc3ccccc3F)c(=O)c21. The Morgan fingerprint density at radius 3 is 2.66 bits per heavy atom. The van der Waals surface area contributed by atoms with Crippen molar-refractivity contribution in [1.82, 2.24) is 9.88 Å². The minimum atomic E-state index is -1.20. The normalized spacial score (nSPS) is 15.7. The van der Waals surface area contributed by atoms with Crippen molar-refractivity contribution in [3.8, 4) is 0 Å². The van der Waals surface area contributed by atoms with Crippen LogP contribution in [0.1, 0.15) is 48.3 Å². The van der Waals surface area contributed by atoms with Gasteiger partial charge in [0.05, 0.1) is 23.7 Å². The van der Waals surface area contributed by atoms with E-state index in [1.807, 2.05) is 0 Å². The Bertz CT molecular complexity index is 1030. The molecule has 2 heterocycles. The molecule has 29 heavy (non-hydrogen) atoms. The summed E-state index contributed by atoms with van der Waals surface area (Å²) in [4.78, 5) is 37.3. The van der Waals surface area contributed by atoms with E-state index in [-0.39, 0.29) is 23.2 Å². The second kappa shape index (κ2) is 7.90. The average Bonchev–Trinajstić information content (AvgIpc) is 3.01. The summed E-state index contributed by atoms with van der Waals surface area (Å²) in [6.07, 6.45) is 0.524. The van der Waals surface area contributed by atoms with Gasteiger partial charge >= 0.3 is 12.1 Å². The Balaban J connectivity index is 2.01. The van der Waals surface area contributed by atoms with Crippen LogP contribution in [0, 0.1) is 5.82 Å². The van der Waals surface area contributed by atoms with Gasteiger partial charge in [-0.25, -0.2) is 14.0 Å². The van der Waals surface area contributed by atoms with E-state index in [0.717, 1.165) is 4.57 Å². The molecule has 0 saturated carbocycles. The van der Waals surface area contributed by atoms with Crippen LogP contribution >= 0.6 is 11.8 Å². The van der Waals surface area contributed by atoms with Crippen LogP contribution in [0.2, 0.25) is 0 Å². The van der Waals surface area contributed by atoms with Crippen LogP contribution < -0.4 is 10.9 Å². The summed E-state index contributed by atoms with van der Waals surface area (Å²) >= 11 is 1.18. The maximum absolute atomic E-state index is 14.0. The van der Waals surface area contributed by atoms with E-state index in [9.17, 15) is 23.9 Å². The van der Waals surface area contributed by atoms with E-state index in [1.54, 1.807) is 26.8 Å². The van der Waals surface area contributed by atoms with Gasteiger partial charge in [-0.3, -0.25) is 4.79 Å². The molecule has 2 aromatic rings. The van der Waals surface area contributed by atoms with Crippen LogP contribution in [-0.2, 0) is 11.3 Å². The molecule has 0 unspecified atom stereocenters. The smallest absolute Gasteiger partial charge is 0.408 e. The Morgan fingerprint density at radius 1 is 1.34 bits per heavy atom. The van der Waals surface area contributed by atoms with Gasteiger partial charge in [0.25, 0.3) is 5.56 Å². The van der Waals surface area contributed by atoms with Crippen LogP contribution in [0.3, 0.4) is 0 Å². The molecule has 3 rings (SSSR count). The number of carboxylic acids is 1. The molecule has 7 nitrogen and oxygen atoms in total. The maximum Gasteiger partial charge on any atom is 0.408 e. The zero-order valence-corrected chi connectivity index (χ0v) is 17.0. The number of hydrogen-bond donors (Lipinski definition) is 2. The molecule has 1 aliphatic heterocycles. The predicted octanol–water partition coefficient (Wildman–Crippen LogP) is 3.41. The molecule has 1 aliphatic rings. The number of carbonyl (C=O) groups is 2. The highest BCUT2D eigenvalue weighted by Gasteiger charge is 2.34. The molecule has 0 spiro atoms. The van der Waals surface area contributed by atoms with E-state index in [4.69, 9.17) is 4.74 Å². The summed E-state index contributed by atoms with van der Waals surface area (Å²) < 4.78 is 20.4. The second-order valence-corrected chi connectivity index (χ2v) is 8.66. The summed E-state index contributed by atoms with van der Waals surface area (Å²) in [6, 6.07) is 5.26. The molecule has 0 fully saturated rings. The van der Waals surface area contributed by atoms with Gasteiger partial charge in [0.1, 0.15) is 11.4 Å². The van der Waals surface area contributed by atoms with Crippen LogP contribution in [0.25, 0.3) is 0 Å². The van der Waals surface area contributed by atoms with Crippen molar-refractivity contribution in [2.24, 2.45) is 0 Å². The lowest BCUT2D eigenvalue weighted by molar-refractivity contribution is 0.0508. The van der Waals surface area contributed by atoms with Gasteiger partial charge in [0, 0.05) is 22.4 Å². The van der Waals surface area contributed by atoms with Crippen molar-refractivity contribution in [3.05, 3.63) is 63.3 Å². The topological polar surface area (TPSA) is 97.6 Å². The first-order valence-electron chi connectivity index (χ1n) is 8.93. The lowest BCUT2D eigenvalue weighted by atomic mass is 10.1. The van der Waals surface area contributed by atoms with E-state index in [2.05, 4.69) is 5.32 Å². The molecule has 1 aromatic heterocycles. The monoisotopic (exact) mass is 420 g/mol. The summed E-state index contributed by atoms with van der Waals surface area (Å²) in [6.45, 7) is 5.03. The number of carbonyl (C=O) groups excluding carboxylic acids is 1. The number of pyridine rings is 1. The standard InChI is InChI=1S/C20H21FN2O5S/c1-20(2,3)28-19(27)22-14-10-29-16-12(18(25)26)9-23(17(24)15(14)16)8-11-6-4-5-7-13(11)21/h4-7,9,14H,8,10H2,1-3H3,(H,22,27)(H,25,26)/t14-/m0/s1. The first-order chi connectivity index (χ1) is 13.6. The number of benzene rings is 1. The molecular formula is C20H21FN2O5S. The lowest BCUT2D eigenvalue weighted by Gasteiger charge is -2.22. The van der Waals surface area contributed by atoms with Crippen molar-refractivity contribution in [1.29, 1.82) is 0 Å². The number of halogens is 1. The Labute approximate surface area is 170 Å². The van der Waals surface area contributed by atoms with Gasteiger partial charge in [-0.1, -0.05) is 18.2 Å². The van der Waals surface area contributed by atoms with Gasteiger partial charge in [-0.2, -0.15) is 0 Å². The summed E-state index contributed by atoms with van der Waals surface area (Å²) in [5.41, 5.74) is -0.814. The number of carboxylic acid groups (broad SMARTS) is 1. The number of nitrogens with one attached hydrogen (secondary N) is 1. The summed E-state index contributed by atoms with van der Waals surface area (Å²) in [5, 5.41) is 12.2. The van der Waals surface area contributed by atoms with Crippen molar-refractivity contribution in [3.63, 3.8) is 0 Å². The third-order valence-electron chi connectivity index (χ3n) is 4.23. The quantitative estimate of drug-likeness (QED) is 0.787. The third kappa shape index (κ3) is 4.61. The summed E-state index contributed by atoms with van der Waals surface area (Å²) in [7, 11) is 0. The molecule has 1 atom stereocenters. The Morgan fingerprint density at radius 2 is 2.03 bits per heavy atom. The minimum Gasteiger partial charge on any atom is -0.478 e. The van der Waals surface area contributed by atoms with Crippen LogP contribution in [0.5, 0.6) is 0 Å². The number of alkyl carbamates (subject to hydrolysis) is 1. The molecule has 1 aromatic carbocycles. The van der Waals surface area contributed by atoms with Gasteiger partial charge in [-0.05, 0) is 26.8 Å². The highest BCUT2D eigenvalue weighted by Crippen LogP contribution is 2.38. The van der Waals surface area contributed by atoms with Crippen molar-refractivity contribution >= 4 is 23.8 Å². The maximum atomic E-state index is 14.0. The number of ether oxygens (including phenoxy) is 1. The molecule has 0 aliphatic carbocycles. The van der Waals surface area contributed by atoms with Crippen LogP contribution in [0.15, 0.2) is 40.2 Å². The highest BCUT2D eigenvalue weighted by molar-refractivity contribution is 7.99. The number of amides is 1. The molecule has 1 amide bonds. The van der Waals surface area contributed by atoms with Crippen LogP contribution in [0.4, 0.5) is 9.18 Å². The van der Waals surface area contributed by atoms with Crippen molar-refractivity contribution in [2.45, 2.75) is 43.9 Å². The first-order valence-corrected chi connectivity index (χ1v) is 9.91. The molecule has 154 valence electrons. The highest BCUT2D eigenvalue weighted by atomic mass is 32.2. The number of aromatic nitrogens is 1. The van der Waals surface area contributed by atoms with E-state index >= 15 is 0 Å². The van der Waals surface area contributed by atoms with Gasteiger partial charge in [-0.15, -0.1) is 11.8 Å². The number of thioether (sulfide) groups is 1. The molecule has 0 bridgehead atoms. The van der Waals surface area contributed by atoms with Crippen molar-refractivity contribution in [2.75, 3.05) is 5.75 Å². The Kier molecular flexibility index (Phi) is 5.70. The largest absolute Gasteiger partial charge is 0.478 e. The number of rotatable bonds is 4. The number of nitrogens with zero attached hydrogens (tertiary/aromatic N) is 1. The van der Waals surface area contributed by atoms with Crippen molar-refractivity contribution < 1.29 is 23.8 Å². The number of fused-ring (bicyclic) bond motifs is 1. The average molecular weight is 420 g/mol. The van der Waals surface area contributed by atoms with Gasteiger partial charge in [0.2, 0.25) is 0 Å². The second-order valence-electron chi connectivity index (χ2n) is 7.63. The number of hydrogen-bond acceptors (Lipinski definition) is 5. The third-order valence-corrected chi connectivity index (χ3v) is 5.46. The fourth-order valence-corrected chi connectivity index (χ4v) is 4.29. The predicted molar refractivity (Wildman–Crippen MR) is 106 cm³/mol. The fraction of sp³-hybridized carbons (Fsp3) is 0.350. The van der Waals surface area contributed by atoms with Crippen LogP contribution in [-0.4, -0.2) is 33.1 Å². The zero-order chi connectivity index (χ0) is 21.3. The first kappa shape index (κ1) is 20.9. The summed E-state index contributed by atoms with van der Waals surface area (Å²) in [5.74, 6) is -1.39. The Hall–Kier alpha value is -2.81. The molecular weight excluding hydrogens is 399 g/mol. The molecule has 0 radical (unpaired) electrons. The number of aromatic carboxylic acids is 1. The zero-order valence-electron chi connectivity index (χ0n) is 16.2. The van der Waals surface area contributed by atoms with E-state index < -0.39 is 35.1 Å². The van der Waals surface area contributed by atoms with Gasteiger partial charge < -0.3 is 19.7 Å². The van der Waals surface area contributed by atoms with E-state index in [1.165, 1.54) is 36.2 Å². The van der Waals surface area contributed by atoms with E-state index in [0.29, 0.717) is 10.6 Å². The molecule has 9 heteroatoms. The molecule has 2 N–H and O–H groups in total. The minimum absolute atomic E-state index is 0.0607. The van der Waals surface area contributed by atoms with Gasteiger partial charge in [0.15, 0.2) is 0 Å². The lowest BCUT2D eigenvalue weighted by Crippen LogP contribution is -2.38. The fourth-order valence-electron chi connectivity index (χ4n) is 3.03. The molecule has 0 saturated heterocycles.